The molecule has 0 aromatic rings. The van der Waals surface area contributed by atoms with Crippen LogP contribution in [0, 0.1) is 11.5 Å². The lowest BCUT2D eigenvalue weighted by atomic mass is 10.5. The van der Waals surface area contributed by atoms with E-state index in [0.29, 0.717) is 0 Å². The first-order valence-corrected chi connectivity index (χ1v) is 7.73. The van der Waals surface area contributed by atoms with Crippen LogP contribution >= 0.6 is 15.9 Å². The lowest BCUT2D eigenvalue weighted by Crippen LogP contribution is -2.16. The molecule has 0 aromatic heterocycles. The molecule has 0 unspecified atom stereocenters. The molecule has 0 saturated carbocycles. The predicted octanol–water partition coefficient (Wildman–Crippen LogP) is 2.14. The SMILES string of the molecule is C[Si](C)(C)C#C/C=C(\Br)CO. The fourth-order valence-electron chi connectivity index (χ4n) is 0.377. The molecule has 0 heterocycles. The number of hydrogen-bond acceptors (Lipinski definition) is 1. The standard InChI is InChI=1S/C8H13BrOSi/c1-11(2,3)6-4-5-8(9)7-10/h5,10H,7H2,1-3H3/b8-5-. The van der Waals surface area contributed by atoms with Crippen LogP contribution in [0.25, 0.3) is 0 Å². The quantitative estimate of drug-likeness (QED) is 0.543. The van der Waals surface area contributed by atoms with Gasteiger partial charge in [-0.1, -0.05) is 41.5 Å². The zero-order chi connectivity index (χ0) is 8.91. The van der Waals surface area contributed by atoms with Gasteiger partial charge in [-0.3, -0.25) is 0 Å². The van der Waals surface area contributed by atoms with E-state index in [0.717, 1.165) is 4.48 Å². The van der Waals surface area contributed by atoms with Gasteiger partial charge in [-0.2, -0.15) is 0 Å². The van der Waals surface area contributed by atoms with Gasteiger partial charge < -0.3 is 5.11 Å². The molecule has 0 aliphatic carbocycles. The summed E-state index contributed by atoms with van der Waals surface area (Å²) in [5.41, 5.74) is 3.16. The summed E-state index contributed by atoms with van der Waals surface area (Å²) in [4.78, 5) is 0. The maximum atomic E-state index is 8.59. The van der Waals surface area contributed by atoms with Crippen molar-refractivity contribution in [2.45, 2.75) is 19.6 Å². The molecule has 0 rings (SSSR count). The molecule has 0 aliphatic heterocycles. The zero-order valence-corrected chi connectivity index (χ0v) is 9.70. The second kappa shape index (κ2) is 4.76. The third-order valence-electron chi connectivity index (χ3n) is 0.827. The maximum Gasteiger partial charge on any atom is 0.129 e. The summed E-state index contributed by atoms with van der Waals surface area (Å²) in [5, 5.41) is 8.59. The average Bonchev–Trinajstić information content (AvgIpc) is 1.85. The number of aliphatic hydroxyl groups is 1. The summed E-state index contributed by atoms with van der Waals surface area (Å²) in [6.07, 6.45) is 1.71. The molecule has 0 bridgehead atoms. The van der Waals surface area contributed by atoms with E-state index in [2.05, 4.69) is 47.0 Å². The summed E-state index contributed by atoms with van der Waals surface area (Å²) in [7, 11) is -1.24. The van der Waals surface area contributed by atoms with Crippen LogP contribution in [-0.4, -0.2) is 19.8 Å². The van der Waals surface area contributed by atoms with E-state index >= 15 is 0 Å². The Kier molecular flexibility index (Phi) is 4.74. The highest BCUT2D eigenvalue weighted by molar-refractivity contribution is 9.11. The van der Waals surface area contributed by atoms with Crippen molar-refractivity contribution in [2.75, 3.05) is 6.61 Å². The molecule has 0 fully saturated rings. The van der Waals surface area contributed by atoms with Gasteiger partial charge in [-0.25, -0.2) is 0 Å². The number of allylic oxidation sites excluding steroid dienone is 1. The van der Waals surface area contributed by atoms with E-state index in [1.165, 1.54) is 0 Å². The van der Waals surface area contributed by atoms with Crippen molar-refractivity contribution in [1.29, 1.82) is 0 Å². The Labute approximate surface area is 77.6 Å². The minimum absolute atomic E-state index is 0.0282. The number of rotatable bonds is 1. The van der Waals surface area contributed by atoms with Crippen molar-refractivity contribution in [2.24, 2.45) is 0 Å². The van der Waals surface area contributed by atoms with Crippen LogP contribution in [0.1, 0.15) is 0 Å². The largest absolute Gasteiger partial charge is 0.391 e. The van der Waals surface area contributed by atoms with Gasteiger partial charge >= 0.3 is 0 Å². The molecule has 3 heteroatoms. The Balaban J connectivity index is 4.11. The van der Waals surface area contributed by atoms with Gasteiger partial charge in [0.1, 0.15) is 8.07 Å². The summed E-state index contributed by atoms with van der Waals surface area (Å²) in [6, 6.07) is 0. The lowest BCUT2D eigenvalue weighted by molar-refractivity contribution is 0.340. The highest BCUT2D eigenvalue weighted by Crippen LogP contribution is 2.01. The monoisotopic (exact) mass is 232 g/mol. The first-order valence-electron chi connectivity index (χ1n) is 3.44. The fourth-order valence-corrected chi connectivity index (χ4v) is 0.996. The fraction of sp³-hybridized carbons (Fsp3) is 0.500. The van der Waals surface area contributed by atoms with E-state index in [1.54, 1.807) is 6.08 Å². The summed E-state index contributed by atoms with van der Waals surface area (Å²) in [5.74, 6) is 2.92. The zero-order valence-electron chi connectivity index (χ0n) is 7.11. The molecular weight excluding hydrogens is 220 g/mol. The topological polar surface area (TPSA) is 20.2 Å². The van der Waals surface area contributed by atoms with E-state index in [-0.39, 0.29) is 6.61 Å². The van der Waals surface area contributed by atoms with E-state index in [4.69, 9.17) is 5.11 Å². The Morgan fingerprint density at radius 3 is 2.45 bits per heavy atom. The second-order valence-corrected chi connectivity index (χ2v) is 9.04. The Hall–Kier alpha value is -0.0431. The number of halogens is 1. The molecule has 62 valence electrons. The highest BCUT2D eigenvalue weighted by atomic mass is 79.9. The molecule has 1 nitrogen and oxygen atoms in total. The summed E-state index contributed by atoms with van der Waals surface area (Å²) < 4.78 is 0.739. The molecule has 0 amide bonds. The first kappa shape index (κ1) is 11.0. The van der Waals surface area contributed by atoms with E-state index < -0.39 is 8.07 Å². The molecule has 11 heavy (non-hydrogen) atoms. The third kappa shape index (κ3) is 7.86. The van der Waals surface area contributed by atoms with Crippen LogP contribution in [0.2, 0.25) is 19.6 Å². The molecule has 0 radical (unpaired) electrons. The van der Waals surface area contributed by atoms with E-state index in [9.17, 15) is 0 Å². The van der Waals surface area contributed by atoms with Crippen molar-refractivity contribution in [3.63, 3.8) is 0 Å². The second-order valence-electron chi connectivity index (χ2n) is 3.27. The maximum absolute atomic E-state index is 8.59. The Morgan fingerprint density at radius 1 is 1.55 bits per heavy atom. The van der Waals surface area contributed by atoms with Gasteiger partial charge in [0, 0.05) is 10.6 Å². The smallest absolute Gasteiger partial charge is 0.129 e. The lowest BCUT2D eigenvalue weighted by Gasteiger charge is -2.02. The van der Waals surface area contributed by atoms with Crippen molar-refractivity contribution >= 4 is 24.0 Å². The summed E-state index contributed by atoms with van der Waals surface area (Å²) in [6.45, 7) is 6.57. The Bertz CT molecular complexity index is 204. The van der Waals surface area contributed by atoms with Gasteiger partial charge in [0.25, 0.3) is 0 Å². The predicted molar refractivity (Wildman–Crippen MR) is 55.2 cm³/mol. The molecule has 0 aliphatic rings. The van der Waals surface area contributed by atoms with Crippen molar-refractivity contribution in [3.05, 3.63) is 10.6 Å². The number of hydrogen-bond donors (Lipinski definition) is 1. The first-order chi connectivity index (χ1) is 4.95. The van der Waals surface area contributed by atoms with Crippen molar-refractivity contribution < 1.29 is 5.11 Å². The van der Waals surface area contributed by atoms with Crippen LogP contribution in [-0.2, 0) is 0 Å². The minimum Gasteiger partial charge on any atom is -0.391 e. The molecule has 0 spiro atoms. The van der Waals surface area contributed by atoms with E-state index in [1.807, 2.05) is 0 Å². The van der Waals surface area contributed by atoms with Crippen LogP contribution in [0.4, 0.5) is 0 Å². The molecule has 0 aromatic carbocycles. The van der Waals surface area contributed by atoms with Gasteiger partial charge in [0.15, 0.2) is 0 Å². The van der Waals surface area contributed by atoms with Crippen LogP contribution in [0.5, 0.6) is 0 Å². The van der Waals surface area contributed by atoms with Gasteiger partial charge in [-0.15, -0.1) is 5.54 Å². The van der Waals surface area contributed by atoms with Crippen LogP contribution in [0.15, 0.2) is 10.6 Å². The Morgan fingerprint density at radius 2 is 2.09 bits per heavy atom. The molecular formula is C8H13BrOSi. The third-order valence-corrected chi connectivity index (χ3v) is 2.20. The average molecular weight is 233 g/mol. The van der Waals surface area contributed by atoms with Gasteiger partial charge in [0.2, 0.25) is 0 Å². The van der Waals surface area contributed by atoms with Crippen LogP contribution < -0.4 is 0 Å². The van der Waals surface area contributed by atoms with Gasteiger partial charge in [0.05, 0.1) is 6.61 Å². The van der Waals surface area contributed by atoms with Crippen molar-refractivity contribution in [1.82, 2.24) is 0 Å². The van der Waals surface area contributed by atoms with Crippen molar-refractivity contribution in [3.8, 4) is 11.5 Å². The molecule has 0 atom stereocenters. The van der Waals surface area contributed by atoms with Crippen LogP contribution in [0.3, 0.4) is 0 Å². The normalized spacial score (nSPS) is 12.3. The molecule has 1 N–H and O–H groups in total. The highest BCUT2D eigenvalue weighted by Gasteiger charge is 2.06. The summed E-state index contributed by atoms with van der Waals surface area (Å²) >= 11 is 3.17. The molecule has 0 saturated heterocycles. The van der Waals surface area contributed by atoms with Gasteiger partial charge in [-0.05, 0) is 0 Å². The number of aliphatic hydroxyl groups excluding tert-OH is 1. The minimum atomic E-state index is -1.24.